The molecule has 2 aromatic carbocycles. The summed E-state index contributed by atoms with van der Waals surface area (Å²) >= 11 is 5.89. The Morgan fingerprint density at radius 3 is 2.55 bits per heavy atom. The molecule has 2 rings (SSSR count). The molecule has 1 nitrogen and oxygen atoms in total. The van der Waals surface area contributed by atoms with Crippen LogP contribution in [0, 0.1) is 11.6 Å². The number of hydrogen-bond donors (Lipinski definition) is 1. The number of hydrogen-bond acceptors (Lipinski definition) is 1. The molecular weight excluding hydrogens is 280 g/mol. The molecule has 0 amide bonds. The van der Waals surface area contributed by atoms with Crippen LogP contribution >= 0.6 is 11.6 Å². The van der Waals surface area contributed by atoms with Gasteiger partial charge in [0, 0.05) is 10.6 Å². The van der Waals surface area contributed by atoms with Crippen molar-refractivity contribution >= 4 is 11.6 Å². The molecule has 1 atom stereocenters. The highest BCUT2D eigenvalue weighted by molar-refractivity contribution is 6.30. The third-order valence-electron chi connectivity index (χ3n) is 3.54. The SMILES string of the molecule is CCC(N)(Cc1cc(Cl)ccc1F)c1cccc(F)c1. The molecule has 2 aromatic rings. The third-order valence-corrected chi connectivity index (χ3v) is 3.78. The van der Waals surface area contributed by atoms with Gasteiger partial charge in [-0.3, -0.25) is 0 Å². The Morgan fingerprint density at radius 2 is 1.90 bits per heavy atom. The van der Waals surface area contributed by atoms with Crippen LogP contribution in [0.4, 0.5) is 8.78 Å². The molecule has 0 aliphatic rings. The van der Waals surface area contributed by atoms with Crippen LogP contribution in [-0.2, 0) is 12.0 Å². The number of nitrogens with two attached hydrogens (primary N) is 1. The Morgan fingerprint density at radius 1 is 1.15 bits per heavy atom. The van der Waals surface area contributed by atoms with Crippen LogP contribution in [0.25, 0.3) is 0 Å². The summed E-state index contributed by atoms with van der Waals surface area (Å²) in [7, 11) is 0. The van der Waals surface area contributed by atoms with E-state index in [1.807, 2.05) is 6.92 Å². The Bertz CT molecular complexity index is 615. The summed E-state index contributed by atoms with van der Waals surface area (Å²) in [6.45, 7) is 1.90. The number of rotatable bonds is 4. The minimum atomic E-state index is -0.826. The molecule has 106 valence electrons. The van der Waals surface area contributed by atoms with Crippen molar-refractivity contribution in [3.05, 3.63) is 70.2 Å². The average molecular weight is 296 g/mol. The fourth-order valence-electron chi connectivity index (χ4n) is 2.25. The summed E-state index contributed by atoms with van der Waals surface area (Å²) in [6, 6.07) is 10.5. The van der Waals surface area contributed by atoms with E-state index in [0.29, 0.717) is 22.6 Å². The van der Waals surface area contributed by atoms with Crippen LogP contribution in [0.1, 0.15) is 24.5 Å². The molecule has 0 aliphatic heterocycles. The smallest absolute Gasteiger partial charge is 0.126 e. The minimum absolute atomic E-state index is 0.263. The van der Waals surface area contributed by atoms with Gasteiger partial charge in [0.2, 0.25) is 0 Å². The first-order chi connectivity index (χ1) is 9.44. The monoisotopic (exact) mass is 295 g/mol. The second-order valence-corrected chi connectivity index (χ2v) is 5.37. The molecule has 2 N–H and O–H groups in total. The van der Waals surface area contributed by atoms with Gasteiger partial charge < -0.3 is 5.73 Å². The van der Waals surface area contributed by atoms with E-state index in [1.54, 1.807) is 18.2 Å². The standard InChI is InChI=1S/C16H16ClF2N/c1-2-16(20,12-4-3-5-14(18)9-12)10-11-8-13(17)6-7-15(11)19/h3-9H,2,10,20H2,1H3. The molecule has 0 fully saturated rings. The van der Waals surface area contributed by atoms with Gasteiger partial charge in [-0.2, -0.15) is 0 Å². The highest BCUT2D eigenvalue weighted by Crippen LogP contribution is 2.29. The van der Waals surface area contributed by atoms with E-state index in [2.05, 4.69) is 0 Å². The summed E-state index contributed by atoms with van der Waals surface area (Å²) in [6.07, 6.45) is 0.821. The van der Waals surface area contributed by atoms with Gasteiger partial charge in [0.1, 0.15) is 11.6 Å². The molecule has 0 radical (unpaired) electrons. The van der Waals surface area contributed by atoms with Crippen molar-refractivity contribution in [1.82, 2.24) is 0 Å². The highest BCUT2D eigenvalue weighted by Gasteiger charge is 2.27. The Balaban J connectivity index is 2.39. The third kappa shape index (κ3) is 3.17. The van der Waals surface area contributed by atoms with Crippen molar-refractivity contribution in [2.75, 3.05) is 0 Å². The van der Waals surface area contributed by atoms with E-state index in [4.69, 9.17) is 17.3 Å². The van der Waals surface area contributed by atoms with Gasteiger partial charge in [0.05, 0.1) is 0 Å². The molecule has 0 aromatic heterocycles. The highest BCUT2D eigenvalue weighted by atomic mass is 35.5. The summed E-state index contributed by atoms with van der Waals surface area (Å²) in [5.41, 5.74) is 6.62. The summed E-state index contributed by atoms with van der Waals surface area (Å²) < 4.78 is 27.2. The molecule has 0 aliphatic carbocycles. The topological polar surface area (TPSA) is 26.0 Å². The number of halogens is 3. The van der Waals surface area contributed by atoms with Crippen LogP contribution in [0.15, 0.2) is 42.5 Å². The molecule has 4 heteroatoms. The zero-order chi connectivity index (χ0) is 14.8. The maximum absolute atomic E-state index is 13.8. The zero-order valence-electron chi connectivity index (χ0n) is 11.2. The average Bonchev–Trinajstić information content (AvgIpc) is 2.43. The van der Waals surface area contributed by atoms with Crippen molar-refractivity contribution in [1.29, 1.82) is 0 Å². The lowest BCUT2D eigenvalue weighted by molar-refractivity contribution is 0.413. The Labute approximate surface area is 122 Å². The minimum Gasteiger partial charge on any atom is -0.321 e. The van der Waals surface area contributed by atoms with Gasteiger partial charge in [0.15, 0.2) is 0 Å². The van der Waals surface area contributed by atoms with E-state index < -0.39 is 5.54 Å². The van der Waals surface area contributed by atoms with Gasteiger partial charge in [0.25, 0.3) is 0 Å². The van der Waals surface area contributed by atoms with E-state index in [0.717, 1.165) is 0 Å². The lowest BCUT2D eigenvalue weighted by atomic mass is 9.82. The predicted molar refractivity (Wildman–Crippen MR) is 77.7 cm³/mol. The second-order valence-electron chi connectivity index (χ2n) is 4.93. The first-order valence-corrected chi connectivity index (χ1v) is 6.81. The van der Waals surface area contributed by atoms with Crippen LogP contribution in [-0.4, -0.2) is 0 Å². The zero-order valence-corrected chi connectivity index (χ0v) is 11.9. The Hall–Kier alpha value is -1.45. The van der Waals surface area contributed by atoms with Gasteiger partial charge in [-0.25, -0.2) is 8.78 Å². The van der Waals surface area contributed by atoms with Crippen molar-refractivity contribution in [3.8, 4) is 0 Å². The summed E-state index contributed by atoms with van der Waals surface area (Å²) in [5.74, 6) is -0.702. The first-order valence-electron chi connectivity index (χ1n) is 6.43. The fraction of sp³-hybridized carbons (Fsp3) is 0.250. The summed E-state index contributed by atoms with van der Waals surface area (Å²) in [4.78, 5) is 0. The van der Waals surface area contributed by atoms with Gasteiger partial charge in [-0.05, 0) is 54.3 Å². The predicted octanol–water partition coefficient (Wildman–Crippen LogP) is 4.42. The molecule has 20 heavy (non-hydrogen) atoms. The lowest BCUT2D eigenvalue weighted by Crippen LogP contribution is -2.38. The van der Waals surface area contributed by atoms with Gasteiger partial charge >= 0.3 is 0 Å². The molecule has 0 heterocycles. The largest absolute Gasteiger partial charge is 0.321 e. The van der Waals surface area contributed by atoms with Crippen LogP contribution < -0.4 is 5.73 Å². The van der Waals surface area contributed by atoms with Crippen molar-refractivity contribution in [2.24, 2.45) is 5.73 Å². The molecule has 0 bridgehead atoms. The second kappa shape index (κ2) is 5.90. The normalized spacial score (nSPS) is 14.1. The fourth-order valence-corrected chi connectivity index (χ4v) is 2.44. The van der Waals surface area contributed by atoms with Gasteiger partial charge in [-0.15, -0.1) is 0 Å². The lowest BCUT2D eigenvalue weighted by Gasteiger charge is -2.29. The van der Waals surface area contributed by atoms with Crippen molar-refractivity contribution in [3.63, 3.8) is 0 Å². The first kappa shape index (κ1) is 14.9. The van der Waals surface area contributed by atoms with E-state index in [-0.39, 0.29) is 18.1 Å². The van der Waals surface area contributed by atoms with Crippen LogP contribution in [0.3, 0.4) is 0 Å². The van der Waals surface area contributed by atoms with Gasteiger partial charge in [-0.1, -0.05) is 30.7 Å². The molecule has 1 unspecified atom stereocenters. The van der Waals surface area contributed by atoms with E-state index >= 15 is 0 Å². The number of benzene rings is 2. The molecule has 0 saturated heterocycles. The summed E-state index contributed by atoms with van der Waals surface area (Å²) in [5, 5.41) is 0.457. The Kier molecular flexibility index (Phi) is 4.41. The quantitative estimate of drug-likeness (QED) is 0.887. The van der Waals surface area contributed by atoms with Crippen molar-refractivity contribution in [2.45, 2.75) is 25.3 Å². The van der Waals surface area contributed by atoms with E-state index in [1.165, 1.54) is 24.3 Å². The van der Waals surface area contributed by atoms with Crippen LogP contribution in [0.5, 0.6) is 0 Å². The van der Waals surface area contributed by atoms with Crippen LogP contribution in [0.2, 0.25) is 5.02 Å². The molecular formula is C16H16ClF2N. The maximum Gasteiger partial charge on any atom is 0.126 e. The molecule has 0 spiro atoms. The maximum atomic E-state index is 13.8. The molecule has 0 saturated carbocycles. The van der Waals surface area contributed by atoms with Crippen molar-refractivity contribution < 1.29 is 8.78 Å². The van der Waals surface area contributed by atoms with E-state index in [9.17, 15) is 8.78 Å².